The van der Waals surface area contributed by atoms with Gasteiger partial charge in [-0.1, -0.05) is 0 Å². The van der Waals surface area contributed by atoms with E-state index in [1.807, 2.05) is 43.9 Å². The van der Waals surface area contributed by atoms with E-state index in [4.69, 9.17) is 4.74 Å². The molecule has 1 amide bonds. The van der Waals surface area contributed by atoms with Crippen molar-refractivity contribution < 1.29 is 26.6 Å². The Balaban J connectivity index is 0.000000610. The van der Waals surface area contributed by atoms with E-state index in [2.05, 4.69) is 45.2 Å². The fourth-order valence-corrected chi connectivity index (χ4v) is 6.02. The van der Waals surface area contributed by atoms with Gasteiger partial charge in [0.1, 0.15) is 0 Å². The van der Waals surface area contributed by atoms with Gasteiger partial charge in [-0.05, 0) is 32.1 Å². The summed E-state index contributed by atoms with van der Waals surface area (Å²) in [7, 11) is 4.25. The topological polar surface area (TPSA) is 32.8 Å². The molecule has 29 heavy (non-hydrogen) atoms. The maximum Gasteiger partial charge on any atom is 2.00 e. The molecule has 0 N–H and O–H groups in total. The van der Waals surface area contributed by atoms with Crippen LogP contribution in [-0.4, -0.2) is 70.2 Å². The molecule has 10 radical (unpaired) electrons. The smallest absolute Gasteiger partial charge is 0.0312 e. The molecule has 2 atom stereocenters. The van der Waals surface area contributed by atoms with Crippen LogP contribution < -0.4 is 0 Å². The van der Waals surface area contributed by atoms with E-state index in [0.29, 0.717) is 33.6 Å². The molecular formula is C23H34FeN2O2Se+2. The van der Waals surface area contributed by atoms with Crippen molar-refractivity contribution in [2.75, 3.05) is 27.2 Å². The van der Waals surface area contributed by atoms with E-state index in [-0.39, 0.29) is 23.2 Å². The zero-order chi connectivity index (χ0) is 20.4. The standard InChI is InChI=1S/C18H29N2O2Se.C5H5.Fe/c1-5-22-18(21)20-12-7-6-9-15(20)13-23-17-11-8-10-16(17)14(2)19(3)4;1-2-4-5-3-1;/h8,10-11,14-15H,5-7,9,12-13H2,1-4H3;1-5H;/q;;+2/t14-,15-;;/m1../s1. The molecule has 0 aromatic heterocycles. The molecule has 2 saturated carbocycles. The number of carbonyl (C=O) groups is 1. The number of hydrogen-bond donors (Lipinski definition) is 0. The molecule has 1 heterocycles. The number of carbonyl (C=O) groups excluding carboxylic acids is 1. The average Bonchev–Trinajstić information content (AvgIpc) is 3.41. The first-order chi connectivity index (χ1) is 13.5. The first-order valence-corrected chi connectivity index (χ1v) is 12.3. The number of ether oxygens (including phenoxy) is 1. The van der Waals surface area contributed by atoms with Gasteiger partial charge < -0.3 is 0 Å². The number of rotatable bonds is 6. The van der Waals surface area contributed by atoms with Crippen LogP contribution in [0.25, 0.3) is 0 Å². The summed E-state index contributed by atoms with van der Waals surface area (Å²) in [5, 5.41) is 1.09. The first-order valence-electron chi connectivity index (χ1n) is 10.2. The Hall–Kier alpha value is 0.269. The molecule has 3 fully saturated rings. The van der Waals surface area contributed by atoms with Crippen LogP contribution in [-0.2, 0) is 21.8 Å². The zero-order valence-electron chi connectivity index (χ0n) is 18.0. The van der Waals surface area contributed by atoms with Crippen molar-refractivity contribution >= 4 is 21.1 Å². The summed E-state index contributed by atoms with van der Waals surface area (Å²) in [6.07, 6.45) is 20.0. The summed E-state index contributed by atoms with van der Waals surface area (Å²) in [6, 6.07) is 0.787. The van der Waals surface area contributed by atoms with Gasteiger partial charge >= 0.3 is 165 Å². The van der Waals surface area contributed by atoms with E-state index in [1.54, 1.807) is 0 Å². The molecule has 0 aromatic carbocycles. The Morgan fingerprint density at radius 3 is 2.41 bits per heavy atom. The summed E-state index contributed by atoms with van der Waals surface area (Å²) in [4.78, 5) is 17.8. The number of piperidine rings is 1. The Morgan fingerprint density at radius 1 is 1.17 bits per heavy atom. The predicted octanol–water partition coefficient (Wildman–Crippen LogP) is 3.82. The second-order valence-corrected chi connectivity index (χ2v) is 9.53. The van der Waals surface area contributed by atoms with Crippen LogP contribution in [0.15, 0.2) is 0 Å². The van der Waals surface area contributed by atoms with Crippen LogP contribution >= 0.6 is 0 Å². The normalized spacial score (nSPS) is 24.0. The van der Waals surface area contributed by atoms with Gasteiger partial charge in [-0.15, -0.1) is 0 Å². The molecule has 0 spiro atoms. The monoisotopic (exact) mass is 506 g/mol. The fourth-order valence-electron chi connectivity index (χ4n) is 3.30. The molecule has 6 heteroatoms. The van der Waals surface area contributed by atoms with Crippen molar-refractivity contribution in [3.8, 4) is 0 Å². The van der Waals surface area contributed by atoms with E-state index in [9.17, 15) is 4.79 Å². The number of nitrogens with zero attached hydrogens (tertiary/aromatic N) is 2. The van der Waals surface area contributed by atoms with E-state index in [0.717, 1.165) is 24.7 Å². The maximum atomic E-state index is 12.1. The zero-order valence-corrected chi connectivity index (χ0v) is 20.8. The fraction of sp³-hybridized carbons (Fsp3) is 0.522. The Bertz CT molecular complexity index is 441. The van der Waals surface area contributed by atoms with Crippen LogP contribution in [0.5, 0.6) is 0 Å². The van der Waals surface area contributed by atoms with Crippen molar-refractivity contribution in [1.29, 1.82) is 0 Å². The quantitative estimate of drug-likeness (QED) is 0.515. The predicted molar refractivity (Wildman–Crippen MR) is 116 cm³/mol. The third-order valence-corrected chi connectivity index (χ3v) is 7.74. The number of amides is 1. The van der Waals surface area contributed by atoms with Gasteiger partial charge in [0.2, 0.25) is 0 Å². The van der Waals surface area contributed by atoms with E-state index < -0.39 is 0 Å². The summed E-state index contributed by atoms with van der Waals surface area (Å²) in [6.45, 7) is 5.43. The van der Waals surface area contributed by atoms with Gasteiger partial charge in [-0.3, -0.25) is 0 Å². The average molecular weight is 505 g/mol. The van der Waals surface area contributed by atoms with E-state index in [1.165, 1.54) is 17.2 Å². The minimum atomic E-state index is -0.127. The van der Waals surface area contributed by atoms with Gasteiger partial charge in [0, 0.05) is 0 Å². The third kappa shape index (κ3) is 9.11. The van der Waals surface area contributed by atoms with Crippen molar-refractivity contribution in [3.63, 3.8) is 0 Å². The van der Waals surface area contributed by atoms with Crippen LogP contribution in [0.4, 0.5) is 4.79 Å². The van der Waals surface area contributed by atoms with Crippen molar-refractivity contribution in [3.05, 3.63) is 62.1 Å². The van der Waals surface area contributed by atoms with Crippen LogP contribution in [0.2, 0.25) is 5.32 Å². The molecular weight excluding hydrogens is 471 g/mol. The Labute approximate surface area is 196 Å². The SMILES string of the molecule is CCOC(=O)N1CCCC[C@@H]1C[Se][C]1[CH][CH][CH][C]1[C@@H](C)N(C)C.[CH]1[CH][CH][CH][CH]1.[Fe+2]. The maximum absolute atomic E-state index is 12.1. The van der Waals surface area contributed by atoms with Gasteiger partial charge in [-0.2, -0.15) is 0 Å². The molecule has 0 bridgehead atoms. The second-order valence-electron chi connectivity index (χ2n) is 7.30. The van der Waals surface area contributed by atoms with E-state index >= 15 is 0 Å². The Kier molecular flexibility index (Phi) is 14.2. The third-order valence-electron chi connectivity index (χ3n) is 5.15. The van der Waals surface area contributed by atoms with Gasteiger partial charge in [-0.25, -0.2) is 0 Å². The molecule has 3 rings (SSSR count). The van der Waals surface area contributed by atoms with Crippen LogP contribution in [0.3, 0.4) is 0 Å². The molecule has 160 valence electrons. The summed E-state index contributed by atoms with van der Waals surface area (Å²) in [5.74, 6) is 1.44. The minimum absolute atomic E-state index is 0. The van der Waals surface area contributed by atoms with Gasteiger partial charge in [0.25, 0.3) is 0 Å². The summed E-state index contributed by atoms with van der Waals surface area (Å²) < 4.78 is 5.23. The second kappa shape index (κ2) is 15.1. The molecule has 4 nitrogen and oxygen atoms in total. The molecule has 1 aliphatic heterocycles. The Morgan fingerprint density at radius 2 is 1.83 bits per heavy atom. The minimum Gasteiger partial charge on any atom is -0.0312 e. The van der Waals surface area contributed by atoms with Crippen molar-refractivity contribution in [2.45, 2.75) is 50.5 Å². The van der Waals surface area contributed by atoms with Gasteiger partial charge in [0.05, 0.1) is 0 Å². The first kappa shape index (κ1) is 27.3. The number of hydrogen-bond acceptors (Lipinski definition) is 3. The van der Waals surface area contributed by atoms with Gasteiger partial charge in [0.15, 0.2) is 0 Å². The van der Waals surface area contributed by atoms with Crippen molar-refractivity contribution in [2.24, 2.45) is 0 Å². The van der Waals surface area contributed by atoms with Crippen LogP contribution in [0, 0.1) is 62.1 Å². The summed E-state index contributed by atoms with van der Waals surface area (Å²) >= 11 is 0.399. The number of likely N-dealkylation sites (tertiary alicyclic amines) is 1. The largest absolute Gasteiger partial charge is 2.00 e. The van der Waals surface area contributed by atoms with Crippen molar-refractivity contribution in [1.82, 2.24) is 9.80 Å². The molecule has 1 saturated heterocycles. The molecule has 3 aliphatic rings. The molecule has 0 aromatic rings. The van der Waals surface area contributed by atoms with Crippen LogP contribution in [0.1, 0.15) is 33.1 Å². The summed E-state index contributed by atoms with van der Waals surface area (Å²) in [5.41, 5.74) is 0. The molecule has 2 aliphatic carbocycles. The molecule has 0 unspecified atom stereocenters.